The zero-order valence-electron chi connectivity index (χ0n) is 22.1. The fourth-order valence-corrected chi connectivity index (χ4v) is 6.08. The summed E-state index contributed by atoms with van der Waals surface area (Å²) in [7, 11) is 0. The van der Waals surface area contributed by atoms with Gasteiger partial charge in [0.2, 0.25) is 11.9 Å². The second-order valence-corrected chi connectivity index (χ2v) is 10.8. The van der Waals surface area contributed by atoms with Crippen molar-refractivity contribution in [3.63, 3.8) is 0 Å². The van der Waals surface area contributed by atoms with Crippen molar-refractivity contribution in [1.29, 1.82) is 0 Å². The number of benzene rings is 1. The molecule has 4 atom stereocenters. The number of nitrogens with zero attached hydrogens (tertiary/aromatic N) is 6. The van der Waals surface area contributed by atoms with Gasteiger partial charge in [-0.3, -0.25) is 4.98 Å². The lowest BCUT2D eigenvalue weighted by Crippen LogP contribution is -2.52. The number of alkyl halides is 4. The van der Waals surface area contributed by atoms with Gasteiger partial charge in [-0.05, 0) is 36.4 Å². The number of ether oxygens (including phenoxy) is 2. The normalized spacial score (nSPS) is 27.1. The van der Waals surface area contributed by atoms with Crippen LogP contribution < -0.4 is 20.4 Å². The Morgan fingerprint density at radius 1 is 0.738 bits per heavy atom. The molecule has 0 aliphatic carbocycles. The zero-order valence-corrected chi connectivity index (χ0v) is 22.1. The number of carbonyl (C=O) groups is 1. The number of anilines is 4. The predicted molar refractivity (Wildman–Crippen MR) is 143 cm³/mol. The second-order valence-electron chi connectivity index (χ2n) is 10.8. The van der Waals surface area contributed by atoms with Gasteiger partial charge in [-0.25, -0.2) is 22.4 Å². The van der Waals surface area contributed by atoms with Crippen molar-refractivity contribution >= 4 is 29.3 Å². The molecule has 4 unspecified atom stereocenters. The first-order chi connectivity index (χ1) is 20.2. The molecule has 4 fully saturated rings. The monoisotopic (exact) mass is 586 g/mol. The van der Waals surface area contributed by atoms with Gasteiger partial charge in [-0.1, -0.05) is 0 Å². The van der Waals surface area contributed by atoms with E-state index >= 15 is 0 Å². The predicted octanol–water partition coefficient (Wildman–Crippen LogP) is 3.80. The van der Waals surface area contributed by atoms with Gasteiger partial charge < -0.3 is 29.9 Å². The van der Waals surface area contributed by atoms with Gasteiger partial charge in [0.25, 0.3) is 11.8 Å². The molecule has 2 amide bonds. The number of hydrogen-bond acceptors (Lipinski definition) is 9. The summed E-state index contributed by atoms with van der Waals surface area (Å²) in [5.41, 5.74) is 1.52. The van der Waals surface area contributed by atoms with E-state index in [2.05, 4.69) is 30.6 Å². The van der Waals surface area contributed by atoms with Crippen molar-refractivity contribution in [2.24, 2.45) is 0 Å². The molecule has 4 bridgehead atoms. The van der Waals surface area contributed by atoms with Crippen LogP contribution in [0.25, 0.3) is 11.4 Å². The molecule has 1 aromatic carbocycles. The minimum absolute atomic E-state index is 0.0152. The van der Waals surface area contributed by atoms with Crippen LogP contribution in [-0.2, 0) is 9.47 Å². The number of nitrogens with one attached hydrogen (secondary N) is 2. The molecule has 0 saturated carbocycles. The quantitative estimate of drug-likeness (QED) is 0.431. The molecule has 0 radical (unpaired) electrons. The van der Waals surface area contributed by atoms with Crippen LogP contribution in [0.4, 0.5) is 45.6 Å². The summed E-state index contributed by atoms with van der Waals surface area (Å²) in [5, 5.41) is 5.41. The molecule has 2 aromatic heterocycles. The fourth-order valence-electron chi connectivity index (χ4n) is 6.08. The van der Waals surface area contributed by atoms with Crippen LogP contribution in [0.5, 0.6) is 0 Å². The summed E-state index contributed by atoms with van der Waals surface area (Å²) in [6.45, 7) is -0.262. The SMILES string of the molecule is O=C(Nc1ccncc1)Nc1ccc(-c2nc(N3C4COCC3C(F)(F)C4)nc(N3C4COCC3C(F)(F)C4)n2)cc1. The van der Waals surface area contributed by atoms with Crippen LogP contribution in [0, 0.1) is 0 Å². The zero-order chi connectivity index (χ0) is 29.1. The standard InChI is InChI=1S/C27H26F4N8O3/c28-26(29)9-18-11-41-13-20(26)38(18)23-35-22(36-24(37-23)39-19-10-27(30,31)21(39)14-42-12-19)15-1-3-16(4-2-15)33-25(40)34-17-5-7-32-8-6-17/h1-8,18-21H,9-14H2,(H2,32,33,34,40). The van der Waals surface area contributed by atoms with Gasteiger partial charge in [0.1, 0.15) is 12.1 Å². The molecule has 42 heavy (non-hydrogen) atoms. The summed E-state index contributed by atoms with van der Waals surface area (Å²) < 4.78 is 70.3. The van der Waals surface area contributed by atoms with Gasteiger partial charge in [-0.2, -0.15) is 15.0 Å². The molecule has 0 spiro atoms. The van der Waals surface area contributed by atoms with E-state index in [9.17, 15) is 22.4 Å². The number of carbonyl (C=O) groups excluding carboxylic acids is 1. The lowest BCUT2D eigenvalue weighted by Gasteiger charge is -2.37. The Balaban J connectivity index is 1.22. The third-order valence-electron chi connectivity index (χ3n) is 8.03. The van der Waals surface area contributed by atoms with Gasteiger partial charge in [-0.15, -0.1) is 0 Å². The third kappa shape index (κ3) is 4.75. The number of rotatable bonds is 5. The first-order valence-electron chi connectivity index (χ1n) is 13.5. The Kier molecular flexibility index (Phi) is 6.38. The van der Waals surface area contributed by atoms with Crippen molar-refractivity contribution in [1.82, 2.24) is 19.9 Å². The van der Waals surface area contributed by atoms with E-state index in [1.807, 2.05) is 0 Å². The molecule has 4 aliphatic rings. The fraction of sp³-hybridized carbons (Fsp3) is 0.444. The molecular weight excluding hydrogens is 560 g/mol. The Morgan fingerprint density at radius 2 is 1.24 bits per heavy atom. The molecule has 15 heteroatoms. The number of hydrogen-bond donors (Lipinski definition) is 2. The van der Waals surface area contributed by atoms with Gasteiger partial charge in [0.15, 0.2) is 5.82 Å². The summed E-state index contributed by atoms with van der Waals surface area (Å²) in [4.78, 5) is 32.8. The Morgan fingerprint density at radius 3 is 1.74 bits per heavy atom. The average molecular weight is 587 g/mol. The van der Waals surface area contributed by atoms with Crippen molar-refractivity contribution in [3.8, 4) is 11.4 Å². The minimum atomic E-state index is -3.02. The highest BCUT2D eigenvalue weighted by molar-refractivity contribution is 5.99. The first kappa shape index (κ1) is 26.8. The van der Waals surface area contributed by atoms with E-state index in [1.54, 1.807) is 48.8 Å². The molecule has 220 valence electrons. The highest BCUT2D eigenvalue weighted by Crippen LogP contribution is 2.45. The van der Waals surface area contributed by atoms with E-state index in [-0.39, 0.29) is 44.1 Å². The maximum Gasteiger partial charge on any atom is 0.323 e. The molecular formula is C27H26F4N8O3. The Labute approximate surface area is 237 Å². The topological polar surface area (TPSA) is 118 Å². The van der Waals surface area contributed by atoms with Crippen LogP contribution in [0.3, 0.4) is 0 Å². The molecule has 3 aromatic rings. The summed E-state index contributed by atoms with van der Waals surface area (Å²) in [6.07, 6.45) is 2.26. The smallest absolute Gasteiger partial charge is 0.323 e. The van der Waals surface area contributed by atoms with Crippen LogP contribution in [-0.4, -0.2) is 88.4 Å². The number of amides is 2. The lowest BCUT2D eigenvalue weighted by molar-refractivity contribution is -0.0248. The number of fused-ring (bicyclic) bond motifs is 4. The molecule has 4 aliphatic heterocycles. The van der Waals surface area contributed by atoms with Crippen LogP contribution in [0.1, 0.15) is 12.8 Å². The Hall–Kier alpha value is -4.11. The average Bonchev–Trinajstić information content (AvgIpc) is 3.22. The molecule has 2 N–H and O–H groups in total. The first-order valence-corrected chi connectivity index (χ1v) is 13.5. The molecule has 11 nitrogen and oxygen atoms in total. The van der Waals surface area contributed by atoms with Gasteiger partial charge in [0.05, 0.1) is 38.5 Å². The minimum Gasteiger partial charge on any atom is -0.377 e. The molecule has 7 rings (SSSR count). The lowest BCUT2D eigenvalue weighted by atomic mass is 10.1. The maximum absolute atomic E-state index is 14.9. The van der Waals surface area contributed by atoms with E-state index in [0.29, 0.717) is 16.9 Å². The summed E-state index contributed by atoms with van der Waals surface area (Å²) in [6, 6.07) is 5.47. The summed E-state index contributed by atoms with van der Waals surface area (Å²) >= 11 is 0. The number of pyridine rings is 1. The third-order valence-corrected chi connectivity index (χ3v) is 8.03. The van der Waals surface area contributed by atoms with Crippen molar-refractivity contribution in [2.75, 3.05) is 46.9 Å². The van der Waals surface area contributed by atoms with Crippen LogP contribution >= 0.6 is 0 Å². The van der Waals surface area contributed by atoms with E-state index in [0.717, 1.165) is 0 Å². The maximum atomic E-state index is 14.9. The van der Waals surface area contributed by atoms with Crippen molar-refractivity contribution in [2.45, 2.75) is 48.9 Å². The van der Waals surface area contributed by atoms with E-state index < -0.39 is 54.9 Å². The second kappa shape index (κ2) is 10.0. The number of aromatic nitrogens is 4. The number of halogens is 4. The van der Waals surface area contributed by atoms with Crippen molar-refractivity contribution < 1.29 is 31.8 Å². The largest absolute Gasteiger partial charge is 0.377 e. The highest BCUT2D eigenvalue weighted by Gasteiger charge is 2.59. The van der Waals surface area contributed by atoms with Crippen LogP contribution in [0.15, 0.2) is 48.8 Å². The highest BCUT2D eigenvalue weighted by atomic mass is 19.3. The van der Waals surface area contributed by atoms with E-state index in [1.165, 1.54) is 9.80 Å². The van der Waals surface area contributed by atoms with Gasteiger partial charge >= 0.3 is 6.03 Å². The number of urea groups is 1. The van der Waals surface area contributed by atoms with E-state index in [4.69, 9.17) is 9.47 Å². The molecule has 4 saturated heterocycles. The van der Waals surface area contributed by atoms with Crippen molar-refractivity contribution in [3.05, 3.63) is 48.8 Å². The Bertz CT molecular complexity index is 1420. The summed E-state index contributed by atoms with van der Waals surface area (Å²) in [5.74, 6) is -5.95. The van der Waals surface area contributed by atoms with Crippen LogP contribution in [0.2, 0.25) is 0 Å². The van der Waals surface area contributed by atoms with Gasteiger partial charge in [0, 0.05) is 42.2 Å². The molecule has 6 heterocycles. The number of morpholine rings is 2.